The number of H-pyrrole nitrogens is 1. The number of hydrogen-bond acceptors (Lipinski definition) is 2. The quantitative estimate of drug-likeness (QED) is 0.778. The molecule has 2 N–H and O–H groups in total. The molecular formula is C18H18N2O. The highest BCUT2D eigenvalue weighted by atomic mass is 16.1. The molecule has 4 rings (SSSR count). The molecule has 1 fully saturated rings. The van der Waals surface area contributed by atoms with E-state index in [9.17, 15) is 4.79 Å². The predicted octanol–water partition coefficient (Wildman–Crippen LogP) is 2.94. The number of rotatable bonds is 0. The summed E-state index contributed by atoms with van der Waals surface area (Å²) in [5.74, 6) is 0.187. The van der Waals surface area contributed by atoms with Gasteiger partial charge in [-0.25, -0.2) is 0 Å². The van der Waals surface area contributed by atoms with Crippen molar-refractivity contribution in [3.8, 4) is 0 Å². The standard InChI is InChI=1S/C18H18N2O/c21-16-11-13-3-1-2-4-14(13)17(12-5-8-19-9-6-12)15-7-10-20-18(15)16/h1-4,7,10,19-20H,5-6,8-9,11H2. The Morgan fingerprint density at radius 3 is 2.62 bits per heavy atom. The molecule has 1 aromatic carbocycles. The summed E-state index contributed by atoms with van der Waals surface area (Å²) in [6.45, 7) is 2.05. The van der Waals surface area contributed by atoms with E-state index in [1.165, 1.54) is 16.7 Å². The first kappa shape index (κ1) is 12.6. The van der Waals surface area contributed by atoms with Crippen molar-refractivity contribution < 1.29 is 4.79 Å². The number of ketones is 1. The third-order valence-corrected chi connectivity index (χ3v) is 4.49. The number of fused-ring (bicyclic) bond motifs is 2. The van der Waals surface area contributed by atoms with Gasteiger partial charge in [0, 0.05) is 18.2 Å². The van der Waals surface area contributed by atoms with Gasteiger partial charge in [-0.2, -0.15) is 0 Å². The largest absolute Gasteiger partial charge is 0.358 e. The van der Waals surface area contributed by atoms with Gasteiger partial charge in [-0.3, -0.25) is 4.79 Å². The molecule has 1 aliphatic carbocycles. The van der Waals surface area contributed by atoms with Crippen LogP contribution in [0.15, 0.2) is 42.1 Å². The van der Waals surface area contributed by atoms with Crippen LogP contribution >= 0.6 is 0 Å². The number of piperidine rings is 1. The van der Waals surface area contributed by atoms with Gasteiger partial charge in [0.15, 0.2) is 5.78 Å². The fraction of sp³-hybridized carbons (Fsp3) is 0.278. The molecule has 0 amide bonds. The summed E-state index contributed by atoms with van der Waals surface area (Å²) in [6, 6.07) is 10.4. The van der Waals surface area contributed by atoms with E-state index in [1.807, 2.05) is 12.3 Å². The Kier molecular flexibility index (Phi) is 3.00. The van der Waals surface area contributed by atoms with Crippen molar-refractivity contribution in [3.05, 3.63) is 64.5 Å². The lowest BCUT2D eigenvalue weighted by molar-refractivity contribution is 0.0989. The van der Waals surface area contributed by atoms with Crippen LogP contribution in [0.2, 0.25) is 0 Å². The smallest absolute Gasteiger partial charge is 0.184 e. The molecule has 0 unspecified atom stereocenters. The average molecular weight is 278 g/mol. The van der Waals surface area contributed by atoms with Gasteiger partial charge in [0.25, 0.3) is 0 Å². The predicted molar refractivity (Wildman–Crippen MR) is 83.4 cm³/mol. The normalized spacial score (nSPS) is 18.2. The van der Waals surface area contributed by atoms with Crippen molar-refractivity contribution in [2.75, 3.05) is 13.1 Å². The Balaban J connectivity index is 2.01. The van der Waals surface area contributed by atoms with Gasteiger partial charge in [0.2, 0.25) is 0 Å². The molecule has 0 saturated carbocycles. The van der Waals surface area contributed by atoms with Gasteiger partial charge in [-0.05, 0) is 48.7 Å². The molecule has 2 aliphatic rings. The van der Waals surface area contributed by atoms with E-state index < -0.39 is 0 Å². The molecule has 3 nitrogen and oxygen atoms in total. The molecule has 0 bridgehead atoms. The zero-order chi connectivity index (χ0) is 14.2. The van der Waals surface area contributed by atoms with Gasteiger partial charge >= 0.3 is 0 Å². The van der Waals surface area contributed by atoms with E-state index in [-0.39, 0.29) is 5.78 Å². The highest BCUT2D eigenvalue weighted by Crippen LogP contribution is 2.37. The zero-order valence-corrected chi connectivity index (χ0v) is 11.9. The number of aromatic amines is 1. The van der Waals surface area contributed by atoms with Crippen molar-refractivity contribution in [3.63, 3.8) is 0 Å². The lowest BCUT2D eigenvalue weighted by atomic mass is 9.88. The first-order valence-corrected chi connectivity index (χ1v) is 7.56. The molecule has 0 atom stereocenters. The van der Waals surface area contributed by atoms with Crippen LogP contribution in [0, 0.1) is 0 Å². The van der Waals surface area contributed by atoms with Crippen LogP contribution in [0.3, 0.4) is 0 Å². The molecule has 21 heavy (non-hydrogen) atoms. The highest BCUT2D eigenvalue weighted by Gasteiger charge is 2.26. The molecule has 3 heteroatoms. The molecule has 0 spiro atoms. The van der Waals surface area contributed by atoms with E-state index in [0.29, 0.717) is 6.42 Å². The molecule has 2 aromatic rings. The minimum Gasteiger partial charge on any atom is -0.358 e. The van der Waals surface area contributed by atoms with E-state index in [4.69, 9.17) is 0 Å². The Bertz CT molecular complexity index is 731. The van der Waals surface area contributed by atoms with Crippen molar-refractivity contribution in [2.45, 2.75) is 19.3 Å². The number of carbonyl (C=O) groups is 1. The Hall–Kier alpha value is -2.13. The molecule has 1 saturated heterocycles. The Morgan fingerprint density at radius 2 is 1.76 bits per heavy atom. The SMILES string of the molecule is O=C1Cc2ccccc2C(=C2CCNCC2)c2cc[nH]c21. The number of hydrogen-bond donors (Lipinski definition) is 2. The molecule has 1 aliphatic heterocycles. The minimum atomic E-state index is 0.187. The Morgan fingerprint density at radius 1 is 0.952 bits per heavy atom. The van der Waals surface area contributed by atoms with Crippen molar-refractivity contribution >= 4 is 11.4 Å². The van der Waals surface area contributed by atoms with E-state index >= 15 is 0 Å². The van der Waals surface area contributed by atoms with E-state index in [2.05, 4.69) is 34.6 Å². The fourth-order valence-corrected chi connectivity index (χ4v) is 3.49. The highest BCUT2D eigenvalue weighted by molar-refractivity contribution is 6.05. The monoisotopic (exact) mass is 278 g/mol. The number of carbonyl (C=O) groups excluding carboxylic acids is 1. The maximum absolute atomic E-state index is 12.5. The summed E-state index contributed by atoms with van der Waals surface area (Å²) in [5, 5.41) is 3.41. The van der Waals surface area contributed by atoms with Crippen molar-refractivity contribution in [1.29, 1.82) is 0 Å². The van der Waals surface area contributed by atoms with Crippen LogP contribution in [0.1, 0.15) is 40.0 Å². The number of aromatic nitrogens is 1. The van der Waals surface area contributed by atoms with Gasteiger partial charge in [-0.15, -0.1) is 0 Å². The third kappa shape index (κ3) is 2.05. The number of Topliss-reactive ketones (excluding diaryl/α,β-unsaturated/α-hetero) is 1. The first-order chi connectivity index (χ1) is 10.3. The van der Waals surface area contributed by atoms with E-state index in [0.717, 1.165) is 42.8 Å². The fourth-order valence-electron chi connectivity index (χ4n) is 3.49. The van der Waals surface area contributed by atoms with Crippen LogP contribution in [0.4, 0.5) is 0 Å². The lowest BCUT2D eigenvalue weighted by Gasteiger charge is -2.21. The second-order valence-corrected chi connectivity index (χ2v) is 5.75. The molecule has 0 radical (unpaired) electrons. The third-order valence-electron chi connectivity index (χ3n) is 4.49. The van der Waals surface area contributed by atoms with Gasteiger partial charge < -0.3 is 10.3 Å². The molecule has 1 aromatic heterocycles. The van der Waals surface area contributed by atoms with Gasteiger partial charge in [0.1, 0.15) is 0 Å². The first-order valence-electron chi connectivity index (χ1n) is 7.56. The summed E-state index contributed by atoms with van der Waals surface area (Å²) >= 11 is 0. The van der Waals surface area contributed by atoms with Crippen LogP contribution in [0.5, 0.6) is 0 Å². The average Bonchev–Trinajstić information content (AvgIpc) is 2.96. The summed E-state index contributed by atoms with van der Waals surface area (Å²) in [6.07, 6.45) is 4.49. The van der Waals surface area contributed by atoms with Crippen molar-refractivity contribution in [1.82, 2.24) is 10.3 Å². The van der Waals surface area contributed by atoms with Crippen LogP contribution in [-0.4, -0.2) is 23.9 Å². The molecular weight excluding hydrogens is 260 g/mol. The van der Waals surface area contributed by atoms with Crippen LogP contribution < -0.4 is 5.32 Å². The summed E-state index contributed by atoms with van der Waals surface area (Å²) in [7, 11) is 0. The Labute approximate surface area is 124 Å². The van der Waals surface area contributed by atoms with Crippen LogP contribution in [0.25, 0.3) is 5.57 Å². The maximum Gasteiger partial charge on any atom is 0.184 e. The van der Waals surface area contributed by atoms with Gasteiger partial charge in [-0.1, -0.05) is 29.8 Å². The van der Waals surface area contributed by atoms with Crippen LogP contribution in [-0.2, 0) is 6.42 Å². The molecule has 2 heterocycles. The lowest BCUT2D eigenvalue weighted by Crippen LogP contribution is -2.24. The second-order valence-electron chi connectivity index (χ2n) is 5.75. The number of benzene rings is 1. The second kappa shape index (κ2) is 5.01. The maximum atomic E-state index is 12.5. The summed E-state index contributed by atoms with van der Waals surface area (Å²) in [4.78, 5) is 15.6. The van der Waals surface area contributed by atoms with Crippen molar-refractivity contribution in [2.24, 2.45) is 0 Å². The zero-order valence-electron chi connectivity index (χ0n) is 11.9. The topological polar surface area (TPSA) is 44.9 Å². The van der Waals surface area contributed by atoms with E-state index in [1.54, 1.807) is 0 Å². The number of nitrogens with one attached hydrogen (secondary N) is 2. The minimum absolute atomic E-state index is 0.187. The summed E-state index contributed by atoms with van der Waals surface area (Å²) < 4.78 is 0. The molecule has 106 valence electrons. The summed E-state index contributed by atoms with van der Waals surface area (Å²) in [5.41, 5.74) is 6.99. The van der Waals surface area contributed by atoms with Gasteiger partial charge in [0.05, 0.1) is 5.69 Å².